The van der Waals surface area contributed by atoms with E-state index in [1.54, 1.807) is 24.1 Å². The maximum atomic E-state index is 12.6. The van der Waals surface area contributed by atoms with Crippen molar-refractivity contribution in [1.82, 2.24) is 4.90 Å². The summed E-state index contributed by atoms with van der Waals surface area (Å²) in [5.41, 5.74) is 1.77. The predicted molar refractivity (Wildman–Crippen MR) is 102 cm³/mol. The number of hydrogen-bond acceptors (Lipinski definition) is 3. The molecule has 0 fully saturated rings. The molecule has 2 aromatic rings. The average Bonchev–Trinajstić information content (AvgIpc) is 2.62. The quantitative estimate of drug-likeness (QED) is 0.864. The number of carbonyl (C=O) groups excluding carboxylic acids is 2. The molecule has 1 aliphatic rings. The molecular formula is C19H19ClN2O2S. The first-order valence-corrected chi connectivity index (χ1v) is 9.29. The Morgan fingerprint density at radius 2 is 2.00 bits per heavy atom. The van der Waals surface area contributed by atoms with Gasteiger partial charge >= 0.3 is 0 Å². The highest BCUT2D eigenvalue weighted by Crippen LogP contribution is 2.38. The number of rotatable bonds is 4. The number of hydrogen-bond donors (Lipinski definition) is 1. The zero-order chi connectivity index (χ0) is 18.0. The van der Waals surface area contributed by atoms with Gasteiger partial charge < -0.3 is 10.2 Å². The van der Waals surface area contributed by atoms with E-state index in [1.807, 2.05) is 43.3 Å². The molecule has 1 heterocycles. The summed E-state index contributed by atoms with van der Waals surface area (Å²) in [5, 5.41) is 2.98. The lowest BCUT2D eigenvalue weighted by atomic mass is 10.1. The fraction of sp³-hybridized carbons (Fsp3) is 0.263. The molecule has 2 aromatic carbocycles. The summed E-state index contributed by atoms with van der Waals surface area (Å²) in [7, 11) is 1.78. The third kappa shape index (κ3) is 3.99. The minimum absolute atomic E-state index is 0.0450. The van der Waals surface area contributed by atoms with Gasteiger partial charge in [0, 0.05) is 23.4 Å². The Morgan fingerprint density at radius 3 is 2.72 bits per heavy atom. The normalized spacial score (nSPS) is 17.4. The number of thioether (sulfide) groups is 1. The molecule has 1 aliphatic heterocycles. The number of carbonyl (C=O) groups is 2. The van der Waals surface area contributed by atoms with Gasteiger partial charge in [0.2, 0.25) is 11.8 Å². The molecule has 0 bridgehead atoms. The molecule has 0 spiro atoms. The van der Waals surface area contributed by atoms with Crippen molar-refractivity contribution >= 4 is 40.9 Å². The minimum Gasteiger partial charge on any atom is -0.339 e. The molecule has 0 saturated carbocycles. The van der Waals surface area contributed by atoms with Gasteiger partial charge in [0.15, 0.2) is 0 Å². The lowest BCUT2D eigenvalue weighted by Gasteiger charge is -2.29. The van der Waals surface area contributed by atoms with Crippen LogP contribution in [0.3, 0.4) is 0 Å². The van der Waals surface area contributed by atoms with Crippen molar-refractivity contribution in [3.63, 3.8) is 0 Å². The van der Waals surface area contributed by atoms with Crippen molar-refractivity contribution < 1.29 is 9.59 Å². The largest absolute Gasteiger partial charge is 0.339 e. The zero-order valence-corrected chi connectivity index (χ0v) is 15.6. The molecule has 0 unspecified atom stereocenters. The molecule has 4 nitrogen and oxygen atoms in total. The lowest BCUT2D eigenvalue weighted by Crippen LogP contribution is -2.36. The van der Waals surface area contributed by atoms with Crippen LogP contribution in [0, 0.1) is 0 Å². The smallest absolute Gasteiger partial charge is 0.238 e. The lowest BCUT2D eigenvalue weighted by molar-refractivity contribution is -0.133. The van der Waals surface area contributed by atoms with Gasteiger partial charge in [-0.1, -0.05) is 41.9 Å². The summed E-state index contributed by atoms with van der Waals surface area (Å²) in [6, 6.07) is 15.2. The van der Waals surface area contributed by atoms with Gasteiger partial charge in [-0.2, -0.15) is 0 Å². The number of nitrogens with one attached hydrogen (secondary N) is 1. The van der Waals surface area contributed by atoms with Gasteiger partial charge in [-0.3, -0.25) is 9.59 Å². The minimum atomic E-state index is -0.438. The van der Waals surface area contributed by atoms with Gasteiger partial charge in [0.25, 0.3) is 0 Å². The van der Waals surface area contributed by atoms with E-state index in [0.29, 0.717) is 10.7 Å². The maximum Gasteiger partial charge on any atom is 0.238 e. The SMILES string of the molecule is C[C@@H](c1ccccc1)N(C)C(=O)C[C@H]1Sc2ccc(Cl)cc2NC1=O. The first-order chi connectivity index (χ1) is 12.0. The van der Waals surface area contributed by atoms with Gasteiger partial charge in [0.05, 0.1) is 17.0 Å². The van der Waals surface area contributed by atoms with E-state index in [-0.39, 0.29) is 24.3 Å². The number of fused-ring (bicyclic) bond motifs is 1. The number of halogens is 1. The molecular weight excluding hydrogens is 356 g/mol. The first-order valence-electron chi connectivity index (χ1n) is 8.03. The first kappa shape index (κ1) is 17.8. The van der Waals surface area contributed by atoms with Crippen molar-refractivity contribution in [1.29, 1.82) is 0 Å². The Balaban J connectivity index is 1.68. The molecule has 0 aromatic heterocycles. The van der Waals surface area contributed by atoms with E-state index in [0.717, 1.165) is 10.5 Å². The summed E-state index contributed by atoms with van der Waals surface area (Å²) >= 11 is 7.37. The fourth-order valence-corrected chi connectivity index (χ4v) is 3.98. The number of nitrogens with zero attached hydrogens (tertiary/aromatic N) is 1. The summed E-state index contributed by atoms with van der Waals surface area (Å²) < 4.78 is 0. The highest BCUT2D eigenvalue weighted by atomic mass is 35.5. The van der Waals surface area contributed by atoms with E-state index in [1.165, 1.54) is 11.8 Å². The second-order valence-corrected chi connectivity index (χ2v) is 7.71. The predicted octanol–water partition coefficient (Wildman–Crippen LogP) is 4.36. The number of anilines is 1. The third-order valence-electron chi connectivity index (χ3n) is 4.38. The Hall–Kier alpha value is -1.98. The van der Waals surface area contributed by atoms with Gasteiger partial charge in [-0.05, 0) is 30.7 Å². The topological polar surface area (TPSA) is 49.4 Å². The molecule has 0 radical (unpaired) electrons. The van der Waals surface area contributed by atoms with Crippen LogP contribution in [0.5, 0.6) is 0 Å². The van der Waals surface area contributed by atoms with Crippen molar-refractivity contribution in [3.8, 4) is 0 Å². The summed E-state index contributed by atoms with van der Waals surface area (Å²) in [6.45, 7) is 1.98. The monoisotopic (exact) mass is 374 g/mol. The molecule has 25 heavy (non-hydrogen) atoms. The van der Waals surface area contributed by atoms with Crippen molar-refractivity contribution in [2.45, 2.75) is 29.5 Å². The van der Waals surface area contributed by atoms with Crippen LogP contribution in [-0.4, -0.2) is 29.0 Å². The van der Waals surface area contributed by atoms with E-state index < -0.39 is 5.25 Å². The van der Waals surface area contributed by atoms with E-state index in [4.69, 9.17) is 11.6 Å². The summed E-state index contributed by atoms with van der Waals surface area (Å²) in [6.07, 6.45) is 0.159. The summed E-state index contributed by atoms with van der Waals surface area (Å²) in [5.74, 6) is -0.213. The molecule has 3 rings (SSSR count). The van der Waals surface area contributed by atoms with Crippen LogP contribution >= 0.6 is 23.4 Å². The Morgan fingerprint density at radius 1 is 1.28 bits per heavy atom. The van der Waals surface area contributed by atoms with Crippen molar-refractivity contribution in [2.24, 2.45) is 0 Å². The Kier molecular flexibility index (Phi) is 5.35. The van der Waals surface area contributed by atoms with Gasteiger partial charge in [-0.15, -0.1) is 11.8 Å². The fourth-order valence-electron chi connectivity index (χ4n) is 2.73. The van der Waals surface area contributed by atoms with Crippen LogP contribution in [-0.2, 0) is 9.59 Å². The number of amides is 2. The second-order valence-electron chi connectivity index (χ2n) is 6.03. The zero-order valence-electron chi connectivity index (χ0n) is 14.0. The molecule has 0 saturated heterocycles. The van der Waals surface area contributed by atoms with Crippen molar-refractivity contribution in [2.75, 3.05) is 12.4 Å². The molecule has 2 atom stereocenters. The summed E-state index contributed by atoms with van der Waals surface area (Å²) in [4.78, 5) is 27.6. The van der Waals surface area contributed by atoms with Crippen molar-refractivity contribution in [3.05, 3.63) is 59.1 Å². The van der Waals surface area contributed by atoms with E-state index >= 15 is 0 Å². The van der Waals surface area contributed by atoms with Crippen LogP contribution < -0.4 is 5.32 Å². The van der Waals surface area contributed by atoms with Crippen LogP contribution in [0.2, 0.25) is 5.02 Å². The Bertz CT molecular complexity index is 797. The van der Waals surface area contributed by atoms with Crippen LogP contribution in [0.4, 0.5) is 5.69 Å². The average molecular weight is 375 g/mol. The third-order valence-corrected chi connectivity index (χ3v) is 5.89. The van der Waals surface area contributed by atoms with Crippen LogP contribution in [0.1, 0.15) is 24.9 Å². The second kappa shape index (κ2) is 7.50. The molecule has 1 N–H and O–H groups in total. The van der Waals surface area contributed by atoms with E-state index in [9.17, 15) is 9.59 Å². The molecule has 6 heteroatoms. The van der Waals surface area contributed by atoms with Crippen LogP contribution in [0.15, 0.2) is 53.4 Å². The standard InChI is InChI=1S/C19H19ClN2O2S/c1-12(13-6-4-3-5-7-13)22(2)18(23)11-17-19(24)21-15-10-14(20)8-9-16(15)25-17/h3-10,12,17H,11H2,1-2H3,(H,21,24)/t12-,17+/m0/s1. The van der Waals surface area contributed by atoms with E-state index in [2.05, 4.69) is 5.32 Å². The molecule has 2 amide bonds. The van der Waals surface area contributed by atoms with Gasteiger partial charge in [0.1, 0.15) is 0 Å². The number of benzene rings is 2. The molecule has 130 valence electrons. The van der Waals surface area contributed by atoms with Gasteiger partial charge in [-0.25, -0.2) is 0 Å². The Labute approximate surface area is 156 Å². The highest BCUT2D eigenvalue weighted by molar-refractivity contribution is 8.01. The molecule has 0 aliphatic carbocycles. The highest BCUT2D eigenvalue weighted by Gasteiger charge is 2.31. The maximum absolute atomic E-state index is 12.6. The van der Waals surface area contributed by atoms with Crippen LogP contribution in [0.25, 0.3) is 0 Å².